The second-order valence-corrected chi connectivity index (χ2v) is 5.85. The van der Waals surface area contributed by atoms with Crippen molar-refractivity contribution in [3.63, 3.8) is 0 Å². The van der Waals surface area contributed by atoms with Crippen molar-refractivity contribution in [2.75, 3.05) is 5.73 Å². The second-order valence-electron chi connectivity index (χ2n) is 4.55. The number of aryl methyl sites for hydroxylation is 1. The Hall–Kier alpha value is -1.92. The average Bonchev–Trinajstić information content (AvgIpc) is 2.93. The fourth-order valence-corrected chi connectivity index (χ4v) is 2.61. The summed E-state index contributed by atoms with van der Waals surface area (Å²) in [6.45, 7) is 1.99. The van der Waals surface area contributed by atoms with Gasteiger partial charge in [0.1, 0.15) is 0 Å². The van der Waals surface area contributed by atoms with E-state index in [4.69, 9.17) is 17.3 Å². The number of benzene rings is 2. The van der Waals surface area contributed by atoms with E-state index in [0.717, 1.165) is 15.7 Å². The summed E-state index contributed by atoms with van der Waals surface area (Å²) in [5, 5.41) is 12.4. The molecule has 1 heterocycles. The molecule has 3 aromatic rings. The molecule has 7 heteroatoms. The Morgan fingerprint density at radius 3 is 2.86 bits per heavy atom. The lowest BCUT2D eigenvalue weighted by Gasteiger charge is -2.10. The Morgan fingerprint density at radius 2 is 2.05 bits per heavy atom. The zero-order chi connectivity index (χ0) is 15.0. The number of nitrogens with two attached hydrogens (primary N) is 1. The summed E-state index contributed by atoms with van der Waals surface area (Å²) in [6, 6.07) is 11.3. The molecule has 0 unspecified atom stereocenters. The first-order valence-corrected chi connectivity index (χ1v) is 7.34. The van der Waals surface area contributed by atoms with E-state index in [1.165, 1.54) is 0 Å². The Bertz CT molecular complexity index is 798. The van der Waals surface area contributed by atoms with Gasteiger partial charge in [-0.05, 0) is 47.2 Å². The number of hydrogen-bond acceptors (Lipinski definition) is 4. The highest BCUT2D eigenvalue weighted by Crippen LogP contribution is 2.32. The minimum absolute atomic E-state index is 0.446. The molecule has 5 nitrogen and oxygen atoms in total. The fraction of sp³-hybridized carbons (Fsp3) is 0.0714. The molecule has 1 aromatic heterocycles. The maximum absolute atomic E-state index is 6.27. The van der Waals surface area contributed by atoms with Crippen molar-refractivity contribution in [1.82, 2.24) is 20.2 Å². The van der Waals surface area contributed by atoms with Gasteiger partial charge >= 0.3 is 0 Å². The Morgan fingerprint density at radius 1 is 1.24 bits per heavy atom. The maximum Gasteiger partial charge on any atom is 0.188 e. The van der Waals surface area contributed by atoms with Gasteiger partial charge in [0.05, 0.1) is 16.4 Å². The summed E-state index contributed by atoms with van der Waals surface area (Å²) >= 11 is 9.73. The molecule has 0 fully saturated rings. The summed E-state index contributed by atoms with van der Waals surface area (Å²) in [5.74, 6) is 0.550. The molecule has 0 spiro atoms. The molecule has 0 aliphatic carbocycles. The zero-order valence-electron chi connectivity index (χ0n) is 11.1. The fourth-order valence-electron chi connectivity index (χ4n) is 2.05. The van der Waals surface area contributed by atoms with Crippen LogP contribution in [0.15, 0.2) is 40.9 Å². The zero-order valence-corrected chi connectivity index (χ0v) is 13.4. The van der Waals surface area contributed by atoms with Gasteiger partial charge < -0.3 is 5.73 Å². The molecule has 0 aliphatic heterocycles. The van der Waals surface area contributed by atoms with Gasteiger partial charge in [0.25, 0.3) is 0 Å². The van der Waals surface area contributed by atoms with Gasteiger partial charge in [0.15, 0.2) is 5.82 Å². The summed E-state index contributed by atoms with van der Waals surface area (Å²) in [4.78, 5) is 0. The highest BCUT2D eigenvalue weighted by Gasteiger charge is 2.16. The van der Waals surface area contributed by atoms with Gasteiger partial charge in [-0.25, -0.2) is 0 Å². The summed E-state index contributed by atoms with van der Waals surface area (Å²) in [7, 11) is 0. The first-order valence-electron chi connectivity index (χ1n) is 6.17. The van der Waals surface area contributed by atoms with Gasteiger partial charge in [0.2, 0.25) is 0 Å². The van der Waals surface area contributed by atoms with E-state index in [0.29, 0.717) is 22.1 Å². The SMILES string of the molecule is Cc1ccc(Br)cc1-n1nnnc1-c1cccc(N)c1Cl. The van der Waals surface area contributed by atoms with Crippen LogP contribution in [-0.2, 0) is 0 Å². The molecular weight excluding hydrogens is 354 g/mol. The normalized spacial score (nSPS) is 10.8. The Balaban J connectivity index is 2.22. The number of halogens is 2. The monoisotopic (exact) mass is 363 g/mol. The first kappa shape index (κ1) is 14.0. The van der Waals surface area contributed by atoms with Gasteiger partial charge in [-0.1, -0.05) is 39.7 Å². The van der Waals surface area contributed by atoms with Crippen LogP contribution >= 0.6 is 27.5 Å². The molecule has 106 valence electrons. The van der Waals surface area contributed by atoms with E-state index in [-0.39, 0.29) is 0 Å². The molecule has 21 heavy (non-hydrogen) atoms. The van der Waals surface area contributed by atoms with E-state index in [9.17, 15) is 0 Å². The van der Waals surface area contributed by atoms with Gasteiger partial charge in [-0.3, -0.25) is 0 Å². The summed E-state index contributed by atoms with van der Waals surface area (Å²) < 4.78 is 2.60. The van der Waals surface area contributed by atoms with Crippen LogP contribution in [0.5, 0.6) is 0 Å². The van der Waals surface area contributed by atoms with Gasteiger partial charge in [-0.2, -0.15) is 4.68 Å². The smallest absolute Gasteiger partial charge is 0.188 e. The van der Waals surface area contributed by atoms with Crippen LogP contribution in [0.3, 0.4) is 0 Å². The first-order chi connectivity index (χ1) is 10.1. The van der Waals surface area contributed by atoms with Crippen molar-refractivity contribution in [2.24, 2.45) is 0 Å². The number of hydrogen-bond donors (Lipinski definition) is 1. The average molecular weight is 365 g/mol. The van der Waals surface area contributed by atoms with Crippen LogP contribution in [-0.4, -0.2) is 20.2 Å². The summed E-state index contributed by atoms with van der Waals surface area (Å²) in [5.41, 5.74) is 8.97. The van der Waals surface area contributed by atoms with Crippen LogP contribution in [0.4, 0.5) is 5.69 Å². The van der Waals surface area contributed by atoms with Gasteiger partial charge in [0, 0.05) is 10.0 Å². The molecule has 2 N–H and O–H groups in total. The van der Waals surface area contributed by atoms with Crippen LogP contribution in [0.2, 0.25) is 5.02 Å². The molecular formula is C14H11BrClN5. The molecule has 0 aliphatic rings. The van der Waals surface area contributed by atoms with E-state index < -0.39 is 0 Å². The molecule has 0 atom stereocenters. The molecule has 0 saturated heterocycles. The van der Waals surface area contributed by atoms with Gasteiger partial charge in [-0.15, -0.1) is 5.10 Å². The second kappa shape index (κ2) is 5.46. The van der Waals surface area contributed by atoms with Crippen LogP contribution in [0.1, 0.15) is 5.56 Å². The molecule has 0 amide bonds. The van der Waals surface area contributed by atoms with E-state index in [1.54, 1.807) is 10.7 Å². The lowest BCUT2D eigenvalue weighted by atomic mass is 10.1. The molecule has 2 aromatic carbocycles. The van der Waals surface area contributed by atoms with Crippen molar-refractivity contribution in [3.8, 4) is 17.1 Å². The standard InChI is InChI=1S/C14H11BrClN5/c1-8-5-6-9(15)7-12(8)21-14(18-19-20-21)10-3-2-4-11(17)13(10)16/h2-7H,17H2,1H3. The third kappa shape index (κ3) is 2.52. The third-order valence-electron chi connectivity index (χ3n) is 3.14. The highest BCUT2D eigenvalue weighted by molar-refractivity contribution is 9.10. The van der Waals surface area contributed by atoms with Crippen molar-refractivity contribution in [1.29, 1.82) is 0 Å². The van der Waals surface area contributed by atoms with Crippen LogP contribution in [0, 0.1) is 6.92 Å². The topological polar surface area (TPSA) is 69.6 Å². The predicted octanol–water partition coefficient (Wildman–Crippen LogP) is 3.64. The van der Waals surface area contributed by atoms with Crippen molar-refractivity contribution < 1.29 is 0 Å². The minimum Gasteiger partial charge on any atom is -0.398 e. The largest absolute Gasteiger partial charge is 0.398 e. The molecule has 0 saturated carbocycles. The highest BCUT2D eigenvalue weighted by atomic mass is 79.9. The lowest BCUT2D eigenvalue weighted by Crippen LogP contribution is -2.03. The Labute approximate surface area is 134 Å². The van der Waals surface area contributed by atoms with E-state index in [2.05, 4.69) is 31.5 Å². The third-order valence-corrected chi connectivity index (χ3v) is 4.05. The maximum atomic E-state index is 6.27. The number of tetrazole rings is 1. The quantitative estimate of drug-likeness (QED) is 0.705. The predicted molar refractivity (Wildman–Crippen MR) is 86.4 cm³/mol. The number of nitrogens with zero attached hydrogens (tertiary/aromatic N) is 4. The van der Waals surface area contributed by atoms with E-state index in [1.807, 2.05) is 37.3 Å². The molecule has 0 bridgehead atoms. The number of nitrogen functional groups attached to an aromatic ring is 1. The van der Waals surface area contributed by atoms with Crippen LogP contribution < -0.4 is 5.73 Å². The minimum atomic E-state index is 0.446. The number of anilines is 1. The number of aromatic nitrogens is 4. The van der Waals surface area contributed by atoms with Crippen molar-refractivity contribution in [3.05, 3.63) is 51.5 Å². The van der Waals surface area contributed by atoms with E-state index >= 15 is 0 Å². The number of rotatable bonds is 2. The van der Waals surface area contributed by atoms with Crippen LogP contribution in [0.25, 0.3) is 17.1 Å². The van der Waals surface area contributed by atoms with Crippen molar-refractivity contribution in [2.45, 2.75) is 6.92 Å². The van der Waals surface area contributed by atoms with Crippen molar-refractivity contribution >= 4 is 33.2 Å². The Kier molecular flexibility index (Phi) is 3.65. The molecule has 0 radical (unpaired) electrons. The lowest BCUT2D eigenvalue weighted by molar-refractivity contribution is 0.787. The summed E-state index contributed by atoms with van der Waals surface area (Å²) in [6.07, 6.45) is 0. The molecule has 3 rings (SSSR count).